The van der Waals surface area contributed by atoms with Crippen molar-refractivity contribution in [2.75, 3.05) is 20.3 Å². The molecular weight excluding hydrogens is 310 g/mol. The first-order valence-electron chi connectivity index (χ1n) is 7.57. The SMILES string of the molecule is COc1ccc(OCC(=O)NCCn2cnc(C)c(C)c2=O)cc1. The fourth-order valence-corrected chi connectivity index (χ4v) is 2.02. The summed E-state index contributed by atoms with van der Waals surface area (Å²) in [7, 11) is 1.58. The van der Waals surface area contributed by atoms with Crippen molar-refractivity contribution >= 4 is 5.91 Å². The molecule has 1 aromatic heterocycles. The molecular formula is C17H21N3O4. The summed E-state index contributed by atoms with van der Waals surface area (Å²) in [5, 5.41) is 2.71. The van der Waals surface area contributed by atoms with Gasteiger partial charge in [-0.25, -0.2) is 4.98 Å². The summed E-state index contributed by atoms with van der Waals surface area (Å²) in [6.07, 6.45) is 1.49. The first kappa shape index (κ1) is 17.5. The molecule has 0 radical (unpaired) electrons. The highest BCUT2D eigenvalue weighted by atomic mass is 16.5. The first-order chi connectivity index (χ1) is 11.5. The topological polar surface area (TPSA) is 82.4 Å². The van der Waals surface area contributed by atoms with Gasteiger partial charge in [0.15, 0.2) is 6.61 Å². The Morgan fingerprint density at radius 3 is 2.54 bits per heavy atom. The number of aryl methyl sites for hydroxylation is 1. The zero-order valence-corrected chi connectivity index (χ0v) is 14.0. The number of carbonyl (C=O) groups is 1. The molecule has 0 aliphatic rings. The van der Waals surface area contributed by atoms with Gasteiger partial charge in [-0.05, 0) is 38.1 Å². The van der Waals surface area contributed by atoms with E-state index in [4.69, 9.17) is 9.47 Å². The van der Waals surface area contributed by atoms with E-state index in [-0.39, 0.29) is 18.1 Å². The van der Waals surface area contributed by atoms with Gasteiger partial charge in [-0.2, -0.15) is 0 Å². The Morgan fingerprint density at radius 2 is 1.88 bits per heavy atom. The van der Waals surface area contributed by atoms with Crippen LogP contribution in [0, 0.1) is 13.8 Å². The van der Waals surface area contributed by atoms with Crippen LogP contribution < -0.4 is 20.3 Å². The van der Waals surface area contributed by atoms with Gasteiger partial charge in [0.25, 0.3) is 11.5 Å². The minimum Gasteiger partial charge on any atom is -0.497 e. The number of hydrogen-bond acceptors (Lipinski definition) is 5. The molecule has 2 rings (SSSR count). The second-order valence-electron chi connectivity index (χ2n) is 5.27. The van der Waals surface area contributed by atoms with E-state index in [2.05, 4.69) is 10.3 Å². The molecule has 0 saturated carbocycles. The predicted molar refractivity (Wildman–Crippen MR) is 89.5 cm³/mol. The summed E-state index contributed by atoms with van der Waals surface area (Å²) in [4.78, 5) is 27.9. The number of benzene rings is 1. The molecule has 0 atom stereocenters. The summed E-state index contributed by atoms with van der Waals surface area (Å²) in [5.74, 6) is 1.05. The van der Waals surface area contributed by atoms with Crippen LogP contribution in [0.25, 0.3) is 0 Å². The number of hydrogen-bond donors (Lipinski definition) is 1. The maximum absolute atomic E-state index is 12.0. The highest BCUT2D eigenvalue weighted by molar-refractivity contribution is 5.77. The monoisotopic (exact) mass is 331 g/mol. The minimum absolute atomic E-state index is 0.0909. The average molecular weight is 331 g/mol. The van der Waals surface area contributed by atoms with Gasteiger partial charge in [0, 0.05) is 24.3 Å². The highest BCUT2D eigenvalue weighted by Crippen LogP contribution is 2.16. The molecule has 2 aromatic rings. The number of aromatic nitrogens is 2. The average Bonchev–Trinajstić information content (AvgIpc) is 2.60. The number of nitrogens with one attached hydrogen (secondary N) is 1. The molecule has 0 fully saturated rings. The van der Waals surface area contributed by atoms with Crippen molar-refractivity contribution in [1.82, 2.24) is 14.9 Å². The summed E-state index contributed by atoms with van der Waals surface area (Å²) < 4.78 is 11.9. The zero-order chi connectivity index (χ0) is 17.5. The van der Waals surface area contributed by atoms with Crippen LogP contribution in [0.4, 0.5) is 0 Å². The fourth-order valence-electron chi connectivity index (χ4n) is 2.02. The van der Waals surface area contributed by atoms with Crippen molar-refractivity contribution in [1.29, 1.82) is 0 Å². The number of ether oxygens (including phenoxy) is 2. The van der Waals surface area contributed by atoms with Crippen molar-refractivity contribution in [3.8, 4) is 11.5 Å². The van der Waals surface area contributed by atoms with E-state index >= 15 is 0 Å². The van der Waals surface area contributed by atoms with Gasteiger partial charge in [0.1, 0.15) is 11.5 Å². The van der Waals surface area contributed by atoms with Crippen molar-refractivity contribution in [3.63, 3.8) is 0 Å². The molecule has 0 spiro atoms. The van der Waals surface area contributed by atoms with Crippen molar-refractivity contribution in [2.45, 2.75) is 20.4 Å². The lowest BCUT2D eigenvalue weighted by atomic mass is 10.3. The summed E-state index contributed by atoms with van der Waals surface area (Å²) >= 11 is 0. The third-order valence-corrected chi connectivity index (χ3v) is 3.62. The zero-order valence-electron chi connectivity index (χ0n) is 14.0. The molecule has 1 aromatic carbocycles. The second kappa shape index (κ2) is 8.14. The molecule has 1 N–H and O–H groups in total. The standard InChI is InChI=1S/C17H21N3O4/c1-12-13(2)19-11-20(17(12)22)9-8-18-16(21)10-24-15-6-4-14(23-3)5-7-15/h4-7,11H,8-10H2,1-3H3,(H,18,21). The maximum Gasteiger partial charge on any atom is 0.258 e. The second-order valence-corrected chi connectivity index (χ2v) is 5.27. The van der Waals surface area contributed by atoms with Crippen molar-refractivity contribution in [2.24, 2.45) is 0 Å². The minimum atomic E-state index is -0.254. The van der Waals surface area contributed by atoms with Gasteiger partial charge in [0.05, 0.1) is 13.4 Å². The number of rotatable bonds is 7. The number of nitrogens with zero attached hydrogens (tertiary/aromatic N) is 2. The van der Waals surface area contributed by atoms with E-state index in [0.29, 0.717) is 30.1 Å². The van der Waals surface area contributed by atoms with Gasteiger partial charge >= 0.3 is 0 Å². The summed E-state index contributed by atoms with van der Waals surface area (Å²) in [6, 6.07) is 6.97. The Bertz CT molecular complexity index is 753. The molecule has 24 heavy (non-hydrogen) atoms. The maximum atomic E-state index is 12.0. The predicted octanol–water partition coefficient (Wildman–Crippen LogP) is 1.06. The number of amides is 1. The lowest BCUT2D eigenvalue weighted by Gasteiger charge is -2.10. The van der Waals surface area contributed by atoms with Crippen LogP contribution >= 0.6 is 0 Å². The van der Waals surface area contributed by atoms with Crippen LogP contribution in [0.5, 0.6) is 11.5 Å². The Morgan fingerprint density at radius 1 is 1.21 bits per heavy atom. The smallest absolute Gasteiger partial charge is 0.258 e. The summed E-state index contributed by atoms with van der Waals surface area (Å²) in [6.45, 7) is 4.13. The van der Waals surface area contributed by atoms with E-state index in [1.807, 2.05) is 0 Å². The van der Waals surface area contributed by atoms with E-state index in [1.165, 1.54) is 10.9 Å². The van der Waals surface area contributed by atoms with Crippen molar-refractivity contribution in [3.05, 3.63) is 52.2 Å². The molecule has 0 unspecified atom stereocenters. The third kappa shape index (κ3) is 4.58. The Hall–Kier alpha value is -2.83. The molecule has 0 aliphatic carbocycles. The van der Waals surface area contributed by atoms with Gasteiger partial charge in [-0.1, -0.05) is 0 Å². The number of methoxy groups -OCH3 is 1. The van der Waals surface area contributed by atoms with Crippen LogP contribution in [0.2, 0.25) is 0 Å². The van der Waals surface area contributed by atoms with Crippen LogP contribution in [0.3, 0.4) is 0 Å². The van der Waals surface area contributed by atoms with Crippen LogP contribution in [0.1, 0.15) is 11.3 Å². The Balaban J connectivity index is 1.77. The van der Waals surface area contributed by atoms with E-state index in [9.17, 15) is 9.59 Å². The Labute approximate surface area is 140 Å². The molecule has 128 valence electrons. The first-order valence-corrected chi connectivity index (χ1v) is 7.57. The van der Waals surface area contributed by atoms with Gasteiger partial charge < -0.3 is 14.8 Å². The molecule has 0 saturated heterocycles. The van der Waals surface area contributed by atoms with E-state index < -0.39 is 0 Å². The molecule has 0 bridgehead atoms. The molecule has 0 aliphatic heterocycles. The van der Waals surface area contributed by atoms with Crippen molar-refractivity contribution < 1.29 is 14.3 Å². The largest absolute Gasteiger partial charge is 0.497 e. The van der Waals surface area contributed by atoms with Gasteiger partial charge in [-0.3, -0.25) is 14.2 Å². The quantitative estimate of drug-likeness (QED) is 0.820. The third-order valence-electron chi connectivity index (χ3n) is 3.62. The molecule has 1 amide bonds. The van der Waals surface area contributed by atoms with Gasteiger partial charge in [0.2, 0.25) is 0 Å². The van der Waals surface area contributed by atoms with E-state index in [1.54, 1.807) is 45.2 Å². The molecule has 7 heteroatoms. The highest BCUT2D eigenvalue weighted by Gasteiger charge is 2.06. The lowest BCUT2D eigenvalue weighted by molar-refractivity contribution is -0.123. The number of carbonyl (C=O) groups excluding carboxylic acids is 1. The van der Waals surface area contributed by atoms with Crippen LogP contribution in [0.15, 0.2) is 35.4 Å². The molecule has 1 heterocycles. The normalized spacial score (nSPS) is 10.3. The lowest BCUT2D eigenvalue weighted by Crippen LogP contribution is -2.34. The van der Waals surface area contributed by atoms with E-state index in [0.717, 1.165) is 5.75 Å². The summed E-state index contributed by atoms with van der Waals surface area (Å²) in [5.41, 5.74) is 1.24. The van der Waals surface area contributed by atoms with Crippen LogP contribution in [-0.2, 0) is 11.3 Å². The van der Waals surface area contributed by atoms with Gasteiger partial charge in [-0.15, -0.1) is 0 Å². The Kier molecular flexibility index (Phi) is 5.95. The van der Waals surface area contributed by atoms with Crippen LogP contribution in [-0.4, -0.2) is 35.7 Å². The fraction of sp³-hybridized carbons (Fsp3) is 0.353. The molecule has 7 nitrogen and oxygen atoms in total.